The molecule has 8 heteroatoms. The number of rotatable bonds is 4. The van der Waals surface area contributed by atoms with Crippen LogP contribution in [0.25, 0.3) is 0 Å². The maximum atomic E-state index is 12.4. The van der Waals surface area contributed by atoms with Crippen LogP contribution in [0.5, 0.6) is 0 Å². The van der Waals surface area contributed by atoms with E-state index in [1.807, 2.05) is 0 Å². The van der Waals surface area contributed by atoms with Crippen molar-refractivity contribution in [1.82, 2.24) is 15.5 Å². The molecule has 0 aliphatic carbocycles. The largest absolute Gasteiger partial charge is 0.368 e. The molecule has 22 heavy (non-hydrogen) atoms. The first kappa shape index (κ1) is 15.8. The molecule has 1 aromatic carbocycles. The highest BCUT2D eigenvalue weighted by Crippen LogP contribution is 2.13. The second-order valence-electron chi connectivity index (χ2n) is 4.90. The highest BCUT2D eigenvalue weighted by Gasteiger charge is 2.18. The zero-order valence-electron chi connectivity index (χ0n) is 12.1. The summed E-state index contributed by atoms with van der Waals surface area (Å²) in [5.74, 6) is -0.694. The van der Waals surface area contributed by atoms with Crippen LogP contribution in [0.4, 0.5) is 10.5 Å². The summed E-state index contributed by atoms with van der Waals surface area (Å²) >= 11 is 0. The van der Waals surface area contributed by atoms with Gasteiger partial charge < -0.3 is 26.6 Å². The number of anilines is 1. The van der Waals surface area contributed by atoms with E-state index in [0.717, 1.165) is 13.1 Å². The summed E-state index contributed by atoms with van der Waals surface area (Å²) in [7, 11) is 0. The smallest absolute Gasteiger partial charge is 0.319 e. The molecule has 0 saturated carbocycles. The molecule has 1 aromatic rings. The molecular formula is C14H19N5O3. The van der Waals surface area contributed by atoms with Gasteiger partial charge in [0.1, 0.15) is 0 Å². The summed E-state index contributed by atoms with van der Waals surface area (Å²) in [5.41, 5.74) is 5.93. The molecule has 8 nitrogen and oxygen atoms in total. The van der Waals surface area contributed by atoms with Crippen LogP contribution >= 0.6 is 0 Å². The number of primary amides is 1. The minimum atomic E-state index is -0.627. The fourth-order valence-corrected chi connectivity index (χ4v) is 2.12. The molecule has 0 radical (unpaired) electrons. The van der Waals surface area contributed by atoms with Crippen molar-refractivity contribution in [2.24, 2.45) is 5.73 Å². The number of hydrogen-bond acceptors (Lipinski definition) is 4. The Kier molecular flexibility index (Phi) is 5.31. The lowest BCUT2D eigenvalue weighted by Gasteiger charge is -2.27. The SMILES string of the molecule is NC(=O)CNC(=O)Nc1cccc(C(=O)N2CCNCC2)c1. The van der Waals surface area contributed by atoms with Gasteiger partial charge in [0, 0.05) is 37.4 Å². The maximum Gasteiger partial charge on any atom is 0.319 e. The van der Waals surface area contributed by atoms with Gasteiger partial charge in [-0.1, -0.05) is 6.07 Å². The Bertz CT molecular complexity index is 569. The van der Waals surface area contributed by atoms with E-state index in [2.05, 4.69) is 16.0 Å². The molecule has 118 valence electrons. The van der Waals surface area contributed by atoms with Crippen molar-refractivity contribution in [3.8, 4) is 0 Å². The van der Waals surface area contributed by atoms with Gasteiger partial charge in [0.25, 0.3) is 5.91 Å². The highest BCUT2D eigenvalue weighted by atomic mass is 16.2. The molecule has 0 atom stereocenters. The molecular weight excluding hydrogens is 286 g/mol. The van der Waals surface area contributed by atoms with Crippen LogP contribution in [-0.4, -0.2) is 55.5 Å². The zero-order valence-corrected chi connectivity index (χ0v) is 12.1. The molecule has 0 aromatic heterocycles. The fourth-order valence-electron chi connectivity index (χ4n) is 2.12. The van der Waals surface area contributed by atoms with Crippen LogP contribution in [0, 0.1) is 0 Å². The van der Waals surface area contributed by atoms with Gasteiger partial charge in [0.2, 0.25) is 5.91 Å². The van der Waals surface area contributed by atoms with Gasteiger partial charge in [-0.2, -0.15) is 0 Å². The maximum absolute atomic E-state index is 12.4. The Hall–Kier alpha value is -2.61. The van der Waals surface area contributed by atoms with E-state index in [1.165, 1.54) is 0 Å². The molecule has 1 saturated heterocycles. The molecule has 1 aliphatic heterocycles. The van der Waals surface area contributed by atoms with Crippen LogP contribution in [0.1, 0.15) is 10.4 Å². The van der Waals surface area contributed by atoms with Gasteiger partial charge in [-0.25, -0.2) is 4.79 Å². The average molecular weight is 305 g/mol. The number of hydrogen-bond donors (Lipinski definition) is 4. The monoisotopic (exact) mass is 305 g/mol. The quantitative estimate of drug-likeness (QED) is 0.591. The number of carbonyl (C=O) groups excluding carboxylic acids is 3. The molecule has 4 amide bonds. The third-order valence-electron chi connectivity index (χ3n) is 3.19. The molecule has 0 unspecified atom stereocenters. The molecule has 1 fully saturated rings. The Morgan fingerprint density at radius 1 is 1.23 bits per heavy atom. The molecule has 0 bridgehead atoms. The second-order valence-corrected chi connectivity index (χ2v) is 4.90. The lowest BCUT2D eigenvalue weighted by atomic mass is 10.1. The second kappa shape index (κ2) is 7.41. The van der Waals surface area contributed by atoms with Crippen molar-refractivity contribution in [3.63, 3.8) is 0 Å². The molecule has 2 rings (SSSR count). The summed E-state index contributed by atoms with van der Waals surface area (Å²) in [4.78, 5) is 36.3. The lowest BCUT2D eigenvalue weighted by Crippen LogP contribution is -2.46. The third kappa shape index (κ3) is 4.45. The van der Waals surface area contributed by atoms with Gasteiger partial charge in [-0.15, -0.1) is 0 Å². The summed E-state index contributed by atoms with van der Waals surface area (Å²) in [6.45, 7) is 2.63. The van der Waals surface area contributed by atoms with E-state index < -0.39 is 11.9 Å². The van der Waals surface area contributed by atoms with E-state index in [4.69, 9.17) is 5.73 Å². The Morgan fingerprint density at radius 2 is 1.95 bits per heavy atom. The van der Waals surface area contributed by atoms with Crippen molar-refractivity contribution in [2.75, 3.05) is 38.0 Å². The van der Waals surface area contributed by atoms with Crippen LogP contribution < -0.4 is 21.7 Å². The standard InChI is InChI=1S/C14H19N5O3/c15-12(20)9-17-14(22)18-11-3-1-2-10(8-11)13(21)19-6-4-16-5-7-19/h1-3,8,16H,4-7,9H2,(H2,15,20)(H2,17,18,22). The van der Waals surface area contributed by atoms with Crippen molar-refractivity contribution >= 4 is 23.5 Å². The predicted molar refractivity (Wildman–Crippen MR) is 81.4 cm³/mol. The number of benzene rings is 1. The first-order valence-corrected chi connectivity index (χ1v) is 6.99. The van der Waals surface area contributed by atoms with Crippen LogP contribution in [0.15, 0.2) is 24.3 Å². The van der Waals surface area contributed by atoms with Crippen LogP contribution in [-0.2, 0) is 4.79 Å². The Morgan fingerprint density at radius 3 is 2.64 bits per heavy atom. The fraction of sp³-hybridized carbons (Fsp3) is 0.357. The predicted octanol–water partition coefficient (Wildman–Crippen LogP) is -0.661. The Labute approximate surface area is 128 Å². The summed E-state index contributed by atoms with van der Waals surface area (Å²) in [6, 6.07) is 6.12. The number of urea groups is 1. The van der Waals surface area contributed by atoms with Gasteiger partial charge in [0.05, 0.1) is 6.54 Å². The van der Waals surface area contributed by atoms with Crippen molar-refractivity contribution in [2.45, 2.75) is 0 Å². The van der Waals surface area contributed by atoms with E-state index in [0.29, 0.717) is 24.3 Å². The number of nitrogens with one attached hydrogen (secondary N) is 3. The molecule has 1 aliphatic rings. The molecule has 1 heterocycles. The normalized spacial score (nSPS) is 14.3. The Balaban J connectivity index is 1.98. The van der Waals surface area contributed by atoms with Crippen LogP contribution in [0.2, 0.25) is 0 Å². The van der Waals surface area contributed by atoms with E-state index in [9.17, 15) is 14.4 Å². The number of nitrogens with zero attached hydrogens (tertiary/aromatic N) is 1. The minimum absolute atomic E-state index is 0.0669. The van der Waals surface area contributed by atoms with Gasteiger partial charge in [-0.3, -0.25) is 9.59 Å². The van der Waals surface area contributed by atoms with Crippen molar-refractivity contribution in [3.05, 3.63) is 29.8 Å². The van der Waals surface area contributed by atoms with Gasteiger partial charge >= 0.3 is 6.03 Å². The number of carbonyl (C=O) groups is 3. The van der Waals surface area contributed by atoms with Gasteiger partial charge in [-0.05, 0) is 18.2 Å². The van der Waals surface area contributed by atoms with E-state index in [1.54, 1.807) is 29.2 Å². The van der Waals surface area contributed by atoms with Crippen LogP contribution in [0.3, 0.4) is 0 Å². The van der Waals surface area contributed by atoms with E-state index in [-0.39, 0.29) is 12.5 Å². The van der Waals surface area contributed by atoms with Crippen molar-refractivity contribution < 1.29 is 14.4 Å². The summed E-state index contributed by atoms with van der Waals surface area (Å²) in [5, 5.41) is 8.05. The first-order chi connectivity index (χ1) is 10.6. The number of nitrogens with two attached hydrogens (primary N) is 1. The highest BCUT2D eigenvalue weighted by molar-refractivity contribution is 5.97. The van der Waals surface area contributed by atoms with E-state index >= 15 is 0 Å². The lowest BCUT2D eigenvalue weighted by molar-refractivity contribution is -0.117. The summed E-state index contributed by atoms with van der Waals surface area (Å²) < 4.78 is 0. The topological polar surface area (TPSA) is 117 Å². The first-order valence-electron chi connectivity index (χ1n) is 6.99. The number of piperazine rings is 1. The third-order valence-corrected chi connectivity index (χ3v) is 3.19. The average Bonchev–Trinajstić information content (AvgIpc) is 2.53. The summed E-state index contributed by atoms with van der Waals surface area (Å²) in [6.07, 6.45) is 0. The zero-order chi connectivity index (χ0) is 15.9. The van der Waals surface area contributed by atoms with Crippen molar-refractivity contribution in [1.29, 1.82) is 0 Å². The number of amides is 4. The molecule has 5 N–H and O–H groups in total. The van der Waals surface area contributed by atoms with Gasteiger partial charge in [0.15, 0.2) is 0 Å². The minimum Gasteiger partial charge on any atom is -0.368 e. The molecule has 0 spiro atoms.